The molecule has 0 bridgehead atoms. The molecule has 2 heterocycles. The van der Waals surface area contributed by atoms with Crippen LogP contribution in [-0.2, 0) is 16.1 Å². The van der Waals surface area contributed by atoms with E-state index in [1.807, 2.05) is 35.2 Å². The summed E-state index contributed by atoms with van der Waals surface area (Å²) in [6.45, 7) is 7.48. The number of para-hydroxylation sites is 1. The molecule has 0 saturated carbocycles. The van der Waals surface area contributed by atoms with Gasteiger partial charge in [-0.15, -0.1) is 24.8 Å². The zero-order valence-corrected chi connectivity index (χ0v) is 21.5. The van der Waals surface area contributed by atoms with Crippen LogP contribution in [0.2, 0.25) is 0 Å². The molecule has 1 unspecified atom stereocenters. The van der Waals surface area contributed by atoms with Crippen molar-refractivity contribution in [2.45, 2.75) is 19.4 Å². The van der Waals surface area contributed by atoms with E-state index in [-0.39, 0.29) is 42.5 Å². The maximum absolute atomic E-state index is 13.3. The van der Waals surface area contributed by atoms with Crippen molar-refractivity contribution in [2.24, 2.45) is 5.92 Å². The molecule has 0 N–H and O–H groups in total. The van der Waals surface area contributed by atoms with E-state index in [4.69, 9.17) is 0 Å². The van der Waals surface area contributed by atoms with Gasteiger partial charge < -0.3 is 14.7 Å². The number of piperazine rings is 1. The fraction of sp³-hybridized carbons (Fsp3) is 0.462. The summed E-state index contributed by atoms with van der Waals surface area (Å²) >= 11 is 0. The minimum atomic E-state index is -0.241. The van der Waals surface area contributed by atoms with E-state index in [0.717, 1.165) is 51.4 Å². The lowest BCUT2D eigenvalue weighted by Crippen LogP contribution is -2.46. The van der Waals surface area contributed by atoms with Gasteiger partial charge in [0.15, 0.2) is 0 Å². The van der Waals surface area contributed by atoms with Gasteiger partial charge in [-0.1, -0.05) is 48.5 Å². The molecule has 2 aliphatic rings. The minimum Gasteiger partial charge on any atom is -0.345 e. The summed E-state index contributed by atoms with van der Waals surface area (Å²) in [5.74, 6) is -0.111. The van der Waals surface area contributed by atoms with Crippen LogP contribution >= 0.6 is 24.8 Å². The van der Waals surface area contributed by atoms with Crippen LogP contribution < -0.4 is 4.90 Å². The fourth-order valence-corrected chi connectivity index (χ4v) is 4.69. The number of nitrogens with zero attached hydrogens (tertiary/aromatic N) is 4. The van der Waals surface area contributed by atoms with E-state index in [0.29, 0.717) is 19.5 Å². The third-order valence-corrected chi connectivity index (χ3v) is 6.59. The Morgan fingerprint density at radius 2 is 1.50 bits per heavy atom. The monoisotopic (exact) mass is 506 g/mol. The van der Waals surface area contributed by atoms with E-state index >= 15 is 0 Å². The van der Waals surface area contributed by atoms with Crippen LogP contribution in [0.25, 0.3) is 0 Å². The van der Waals surface area contributed by atoms with Gasteiger partial charge in [-0.05, 0) is 30.7 Å². The van der Waals surface area contributed by atoms with Crippen LogP contribution in [0, 0.1) is 5.92 Å². The van der Waals surface area contributed by atoms with Crippen molar-refractivity contribution in [2.75, 3.05) is 57.8 Å². The Hall–Kier alpha value is -2.12. The molecule has 6 nitrogen and oxygen atoms in total. The van der Waals surface area contributed by atoms with Gasteiger partial charge in [0.25, 0.3) is 0 Å². The van der Waals surface area contributed by atoms with Crippen LogP contribution in [0.5, 0.6) is 0 Å². The summed E-state index contributed by atoms with van der Waals surface area (Å²) in [6.07, 6.45) is 1.25. The van der Waals surface area contributed by atoms with Crippen molar-refractivity contribution in [1.82, 2.24) is 14.7 Å². The summed E-state index contributed by atoms with van der Waals surface area (Å²) in [7, 11) is 1.78. The Kier molecular flexibility index (Phi) is 11.3. The normalized spacial score (nSPS) is 18.8. The lowest BCUT2D eigenvalue weighted by molar-refractivity contribution is -0.127. The predicted octanol–water partition coefficient (Wildman–Crippen LogP) is 3.55. The smallest absolute Gasteiger partial charge is 0.232 e. The van der Waals surface area contributed by atoms with Gasteiger partial charge >= 0.3 is 0 Å². The highest BCUT2D eigenvalue weighted by molar-refractivity contribution is 5.99. The van der Waals surface area contributed by atoms with Crippen LogP contribution in [-0.4, -0.2) is 79.4 Å². The standard InChI is InChI=1S/C26H34N4O2.2ClH/c1-27-21-23(19-25(27)31)26(32)30(24-11-6-3-7-12-24)14-8-13-28-15-17-29(18-16-28)20-22-9-4-2-5-10-22;;/h2-7,9-12,23H,8,13-21H2,1H3;2*1H. The van der Waals surface area contributed by atoms with Crippen LogP contribution in [0.3, 0.4) is 0 Å². The second kappa shape index (κ2) is 13.7. The average Bonchev–Trinajstić information content (AvgIpc) is 3.17. The number of halogens is 2. The SMILES string of the molecule is CN1CC(C(=O)N(CCCN2CCN(Cc3ccccc3)CC2)c2ccccc2)CC1=O.Cl.Cl. The van der Waals surface area contributed by atoms with Crippen molar-refractivity contribution >= 4 is 42.3 Å². The van der Waals surface area contributed by atoms with Gasteiger partial charge in [0, 0.05) is 65.0 Å². The zero-order chi connectivity index (χ0) is 22.3. The van der Waals surface area contributed by atoms with Crippen LogP contribution in [0.15, 0.2) is 60.7 Å². The molecule has 0 aliphatic carbocycles. The molecule has 0 radical (unpaired) electrons. The highest BCUT2D eigenvalue weighted by atomic mass is 35.5. The molecule has 2 aromatic rings. The molecule has 186 valence electrons. The first-order chi connectivity index (χ1) is 15.6. The number of benzene rings is 2. The first kappa shape index (κ1) is 28.1. The quantitative estimate of drug-likeness (QED) is 0.549. The fourth-order valence-electron chi connectivity index (χ4n) is 4.69. The first-order valence-corrected chi connectivity index (χ1v) is 11.7. The zero-order valence-electron chi connectivity index (χ0n) is 19.8. The van der Waals surface area contributed by atoms with E-state index in [9.17, 15) is 9.59 Å². The Morgan fingerprint density at radius 3 is 2.09 bits per heavy atom. The van der Waals surface area contributed by atoms with Crippen LogP contribution in [0.1, 0.15) is 18.4 Å². The maximum Gasteiger partial charge on any atom is 0.232 e. The largest absolute Gasteiger partial charge is 0.345 e. The lowest BCUT2D eigenvalue weighted by Gasteiger charge is -2.35. The highest BCUT2D eigenvalue weighted by Crippen LogP contribution is 2.23. The number of hydrogen-bond acceptors (Lipinski definition) is 4. The molecule has 8 heteroatoms. The molecule has 4 rings (SSSR count). The minimum absolute atomic E-state index is 0. The average molecular weight is 508 g/mol. The van der Waals surface area contributed by atoms with Crippen molar-refractivity contribution in [3.8, 4) is 0 Å². The summed E-state index contributed by atoms with van der Waals surface area (Å²) in [5, 5.41) is 0. The number of carbonyl (C=O) groups is 2. The van der Waals surface area contributed by atoms with Crippen molar-refractivity contribution in [3.63, 3.8) is 0 Å². The molecular formula is C26H36Cl2N4O2. The Balaban J connectivity index is 0.00000204. The molecule has 0 aromatic heterocycles. The second-order valence-electron chi connectivity index (χ2n) is 8.96. The number of carbonyl (C=O) groups excluding carboxylic acids is 2. The molecule has 2 fully saturated rings. The summed E-state index contributed by atoms with van der Waals surface area (Å²) in [4.78, 5) is 33.8. The Bertz CT molecular complexity index is 892. The van der Waals surface area contributed by atoms with Crippen molar-refractivity contribution in [1.29, 1.82) is 0 Å². The van der Waals surface area contributed by atoms with Gasteiger partial charge in [0.05, 0.1) is 5.92 Å². The number of rotatable bonds is 8. The molecule has 2 aliphatic heterocycles. The third-order valence-electron chi connectivity index (χ3n) is 6.59. The third kappa shape index (κ3) is 7.44. The molecule has 0 spiro atoms. The number of amides is 2. The molecule has 2 amide bonds. The number of anilines is 1. The molecule has 34 heavy (non-hydrogen) atoms. The van der Waals surface area contributed by atoms with Gasteiger partial charge in [0.1, 0.15) is 0 Å². The van der Waals surface area contributed by atoms with Crippen molar-refractivity contribution < 1.29 is 9.59 Å². The summed E-state index contributed by atoms with van der Waals surface area (Å²) in [5.41, 5.74) is 2.29. The summed E-state index contributed by atoms with van der Waals surface area (Å²) < 4.78 is 0. The van der Waals surface area contributed by atoms with Crippen molar-refractivity contribution in [3.05, 3.63) is 66.2 Å². The highest BCUT2D eigenvalue weighted by Gasteiger charge is 2.35. The maximum atomic E-state index is 13.3. The molecular weight excluding hydrogens is 471 g/mol. The van der Waals surface area contributed by atoms with Gasteiger partial charge in [-0.3, -0.25) is 14.5 Å². The Labute approximate surface area is 215 Å². The molecule has 2 saturated heterocycles. The van der Waals surface area contributed by atoms with Gasteiger partial charge in [-0.2, -0.15) is 0 Å². The number of likely N-dealkylation sites (tertiary alicyclic amines) is 1. The van der Waals surface area contributed by atoms with Gasteiger partial charge in [0.2, 0.25) is 11.8 Å². The van der Waals surface area contributed by atoms with E-state index in [1.165, 1.54) is 5.56 Å². The molecule has 1 atom stereocenters. The first-order valence-electron chi connectivity index (χ1n) is 11.7. The second-order valence-corrected chi connectivity index (χ2v) is 8.96. The van der Waals surface area contributed by atoms with Gasteiger partial charge in [-0.25, -0.2) is 0 Å². The number of hydrogen-bond donors (Lipinski definition) is 0. The topological polar surface area (TPSA) is 47.1 Å². The lowest BCUT2D eigenvalue weighted by atomic mass is 10.1. The Morgan fingerprint density at radius 1 is 0.912 bits per heavy atom. The van der Waals surface area contributed by atoms with Crippen LogP contribution in [0.4, 0.5) is 5.69 Å². The van der Waals surface area contributed by atoms with E-state index in [1.54, 1.807) is 11.9 Å². The molecule has 2 aromatic carbocycles. The van der Waals surface area contributed by atoms with E-state index < -0.39 is 0 Å². The predicted molar refractivity (Wildman–Crippen MR) is 142 cm³/mol. The van der Waals surface area contributed by atoms with E-state index in [2.05, 4.69) is 40.1 Å². The summed E-state index contributed by atoms with van der Waals surface area (Å²) in [6, 6.07) is 20.5.